The van der Waals surface area contributed by atoms with Crippen molar-refractivity contribution in [2.24, 2.45) is 0 Å². The largest absolute Gasteiger partial charge is 0.497 e. The zero-order chi connectivity index (χ0) is 24.2. The highest BCUT2D eigenvalue weighted by molar-refractivity contribution is 5.93. The Labute approximate surface area is 205 Å². The molecule has 0 spiro atoms. The van der Waals surface area contributed by atoms with Gasteiger partial charge in [0.25, 0.3) is 0 Å². The molecule has 1 aliphatic carbocycles. The molecule has 0 atom stereocenters. The van der Waals surface area contributed by atoms with Gasteiger partial charge in [-0.1, -0.05) is 31.4 Å². The van der Waals surface area contributed by atoms with E-state index in [9.17, 15) is 9.90 Å². The van der Waals surface area contributed by atoms with Crippen LogP contribution in [-0.4, -0.2) is 34.3 Å². The van der Waals surface area contributed by atoms with Crippen molar-refractivity contribution in [3.8, 4) is 22.9 Å². The molecular formula is C29H30N2O4. The predicted octanol–water partition coefficient (Wildman–Crippen LogP) is 6.54. The summed E-state index contributed by atoms with van der Waals surface area (Å²) in [6.07, 6.45) is 6.70. The molecule has 1 saturated carbocycles. The Hall–Kier alpha value is -3.80. The van der Waals surface area contributed by atoms with Gasteiger partial charge in [0.05, 0.1) is 30.3 Å². The number of carboxylic acids is 1. The highest BCUT2D eigenvalue weighted by Gasteiger charge is 2.23. The number of aromatic nitrogens is 2. The number of carboxylic acid groups (broad SMARTS) is 1. The fraction of sp³-hybridized carbons (Fsp3) is 0.310. The summed E-state index contributed by atoms with van der Waals surface area (Å²) >= 11 is 0. The molecule has 0 bridgehead atoms. The molecule has 0 radical (unpaired) electrons. The average molecular weight is 471 g/mol. The topological polar surface area (TPSA) is 73.6 Å². The van der Waals surface area contributed by atoms with Crippen LogP contribution in [0.1, 0.15) is 54.1 Å². The molecule has 0 saturated heterocycles. The minimum Gasteiger partial charge on any atom is -0.497 e. The molecule has 1 N–H and O–H groups in total. The van der Waals surface area contributed by atoms with E-state index in [4.69, 9.17) is 14.5 Å². The summed E-state index contributed by atoms with van der Waals surface area (Å²) in [6, 6.07) is 21.7. The molecule has 180 valence electrons. The van der Waals surface area contributed by atoms with Crippen molar-refractivity contribution in [3.63, 3.8) is 0 Å². The maximum atomic E-state index is 11.5. The van der Waals surface area contributed by atoms with Gasteiger partial charge < -0.3 is 19.1 Å². The number of hydrogen-bond donors (Lipinski definition) is 1. The van der Waals surface area contributed by atoms with Crippen LogP contribution in [0.15, 0.2) is 66.7 Å². The summed E-state index contributed by atoms with van der Waals surface area (Å²) in [7, 11) is 1.67. The van der Waals surface area contributed by atoms with E-state index in [-0.39, 0.29) is 5.56 Å². The van der Waals surface area contributed by atoms with Crippen molar-refractivity contribution in [2.45, 2.75) is 44.6 Å². The van der Waals surface area contributed by atoms with Gasteiger partial charge in [0.1, 0.15) is 17.3 Å². The summed E-state index contributed by atoms with van der Waals surface area (Å²) in [5.41, 5.74) is 4.16. The number of imidazole rings is 1. The lowest BCUT2D eigenvalue weighted by molar-refractivity contribution is 0.0697. The fourth-order valence-electron chi connectivity index (χ4n) is 4.96. The van der Waals surface area contributed by atoms with Crippen LogP contribution < -0.4 is 9.47 Å². The number of aromatic carboxylic acids is 1. The van der Waals surface area contributed by atoms with Crippen LogP contribution in [0.4, 0.5) is 0 Å². The van der Waals surface area contributed by atoms with E-state index in [1.807, 2.05) is 48.5 Å². The van der Waals surface area contributed by atoms with Gasteiger partial charge in [-0.3, -0.25) is 0 Å². The first-order chi connectivity index (χ1) is 17.1. The van der Waals surface area contributed by atoms with Gasteiger partial charge in [0.2, 0.25) is 0 Å². The summed E-state index contributed by atoms with van der Waals surface area (Å²) in [5, 5.41) is 9.43. The average Bonchev–Trinajstić information content (AvgIpc) is 3.28. The number of nitrogens with zero attached hydrogens (tertiary/aromatic N) is 2. The molecule has 5 rings (SSSR count). The minimum absolute atomic E-state index is 0.261. The second-order valence-electron chi connectivity index (χ2n) is 9.08. The van der Waals surface area contributed by atoms with Gasteiger partial charge in [0.15, 0.2) is 0 Å². The minimum atomic E-state index is -0.934. The Kier molecular flexibility index (Phi) is 6.70. The third-order valence-electron chi connectivity index (χ3n) is 6.78. The molecule has 6 nitrogen and oxygen atoms in total. The molecule has 1 aromatic heterocycles. The number of carbonyl (C=O) groups is 1. The van der Waals surface area contributed by atoms with E-state index < -0.39 is 5.97 Å². The molecule has 6 heteroatoms. The van der Waals surface area contributed by atoms with Gasteiger partial charge in [-0.15, -0.1) is 0 Å². The summed E-state index contributed by atoms with van der Waals surface area (Å²) in [4.78, 5) is 16.4. The van der Waals surface area contributed by atoms with Gasteiger partial charge in [-0.25, -0.2) is 9.78 Å². The first-order valence-corrected chi connectivity index (χ1v) is 12.2. The van der Waals surface area contributed by atoms with Crippen molar-refractivity contribution in [1.29, 1.82) is 0 Å². The van der Waals surface area contributed by atoms with Crippen LogP contribution >= 0.6 is 0 Å². The number of benzene rings is 3. The predicted molar refractivity (Wildman–Crippen MR) is 136 cm³/mol. The van der Waals surface area contributed by atoms with E-state index >= 15 is 0 Å². The molecule has 4 aromatic rings. The third kappa shape index (κ3) is 5.02. The van der Waals surface area contributed by atoms with E-state index in [1.54, 1.807) is 19.2 Å². The Morgan fingerprint density at radius 1 is 1.00 bits per heavy atom. The second-order valence-corrected chi connectivity index (χ2v) is 9.08. The van der Waals surface area contributed by atoms with E-state index in [0.717, 1.165) is 53.2 Å². The van der Waals surface area contributed by atoms with Gasteiger partial charge in [-0.05, 0) is 73.0 Å². The highest BCUT2D eigenvalue weighted by atomic mass is 16.5. The first-order valence-electron chi connectivity index (χ1n) is 12.2. The van der Waals surface area contributed by atoms with Gasteiger partial charge >= 0.3 is 5.97 Å². The number of fused-ring (bicyclic) bond motifs is 1. The quantitative estimate of drug-likeness (QED) is 0.317. The van der Waals surface area contributed by atoms with Crippen molar-refractivity contribution >= 4 is 17.0 Å². The van der Waals surface area contributed by atoms with E-state index in [2.05, 4.69) is 10.6 Å². The zero-order valence-corrected chi connectivity index (χ0v) is 19.9. The Balaban J connectivity index is 1.38. The number of hydrogen-bond acceptors (Lipinski definition) is 4. The maximum Gasteiger partial charge on any atom is 0.335 e. The van der Waals surface area contributed by atoms with E-state index in [0.29, 0.717) is 12.6 Å². The first kappa shape index (κ1) is 23.0. The molecule has 3 aromatic carbocycles. The lowest BCUT2D eigenvalue weighted by atomic mass is 9.95. The van der Waals surface area contributed by atoms with Crippen molar-refractivity contribution in [1.82, 2.24) is 9.55 Å². The summed E-state index contributed by atoms with van der Waals surface area (Å²) in [5.74, 6) is 1.61. The number of methoxy groups -OCH3 is 1. The zero-order valence-electron chi connectivity index (χ0n) is 19.9. The van der Waals surface area contributed by atoms with Gasteiger partial charge in [-0.2, -0.15) is 0 Å². The number of rotatable bonds is 8. The molecule has 1 heterocycles. The standard InChI is InChI=1S/C29H30N2O4/c1-34-25-9-5-6-20(18-25)16-17-35-24-13-10-21(11-14-24)28-30-26-19-22(29(32)33)12-15-27(26)31(28)23-7-3-2-4-8-23/h5-6,9-15,18-19,23H,2-4,7-8,16-17H2,1H3,(H,32,33). The van der Waals surface area contributed by atoms with E-state index in [1.165, 1.54) is 24.8 Å². The SMILES string of the molecule is COc1cccc(CCOc2ccc(-c3nc4cc(C(=O)O)ccc4n3C3CCCCC3)cc2)c1. The van der Waals surface area contributed by atoms with Crippen molar-refractivity contribution in [3.05, 3.63) is 77.9 Å². The smallest absolute Gasteiger partial charge is 0.335 e. The van der Waals surface area contributed by atoms with Crippen LogP contribution in [-0.2, 0) is 6.42 Å². The highest BCUT2D eigenvalue weighted by Crippen LogP contribution is 2.36. The molecule has 35 heavy (non-hydrogen) atoms. The Morgan fingerprint density at radius 2 is 1.80 bits per heavy atom. The maximum absolute atomic E-state index is 11.5. The number of ether oxygens (including phenoxy) is 2. The fourth-order valence-corrected chi connectivity index (χ4v) is 4.96. The Bertz CT molecular complexity index is 1320. The molecule has 1 fully saturated rings. The monoisotopic (exact) mass is 470 g/mol. The van der Waals surface area contributed by atoms with Crippen LogP contribution in [0.2, 0.25) is 0 Å². The third-order valence-corrected chi connectivity index (χ3v) is 6.78. The normalized spacial score (nSPS) is 14.2. The summed E-state index contributed by atoms with van der Waals surface area (Å²) < 4.78 is 13.6. The molecular weight excluding hydrogens is 440 g/mol. The van der Waals surface area contributed by atoms with Crippen LogP contribution in [0.5, 0.6) is 11.5 Å². The lowest BCUT2D eigenvalue weighted by Crippen LogP contribution is -2.14. The molecule has 0 aliphatic heterocycles. The van der Waals surface area contributed by atoms with Gasteiger partial charge in [0, 0.05) is 18.0 Å². The molecule has 0 amide bonds. The Morgan fingerprint density at radius 3 is 2.54 bits per heavy atom. The van der Waals surface area contributed by atoms with Crippen molar-refractivity contribution in [2.75, 3.05) is 13.7 Å². The summed E-state index contributed by atoms with van der Waals surface area (Å²) in [6.45, 7) is 0.574. The van der Waals surface area contributed by atoms with Crippen LogP contribution in [0.3, 0.4) is 0 Å². The van der Waals surface area contributed by atoms with Crippen LogP contribution in [0, 0.1) is 0 Å². The van der Waals surface area contributed by atoms with Crippen LogP contribution in [0.25, 0.3) is 22.4 Å². The second kappa shape index (κ2) is 10.2. The van der Waals surface area contributed by atoms with Crippen molar-refractivity contribution < 1.29 is 19.4 Å². The lowest BCUT2D eigenvalue weighted by Gasteiger charge is -2.25. The molecule has 0 unspecified atom stereocenters. The molecule has 1 aliphatic rings.